The van der Waals surface area contributed by atoms with Crippen LogP contribution in [0.15, 0.2) is 18.2 Å². The lowest BCUT2D eigenvalue weighted by Gasteiger charge is -2.26. The molecular formula is C13H16ClFO. The summed E-state index contributed by atoms with van der Waals surface area (Å²) in [6.45, 7) is 0. The number of rotatable bonds is 2. The van der Waals surface area contributed by atoms with Gasteiger partial charge < -0.3 is 5.11 Å². The Balaban J connectivity index is 2.08. The molecule has 2 atom stereocenters. The van der Waals surface area contributed by atoms with Gasteiger partial charge in [-0.15, -0.1) is 0 Å². The van der Waals surface area contributed by atoms with E-state index in [9.17, 15) is 9.50 Å². The van der Waals surface area contributed by atoms with Gasteiger partial charge in [0.05, 0.1) is 6.10 Å². The lowest BCUT2D eigenvalue weighted by Crippen LogP contribution is -2.21. The summed E-state index contributed by atoms with van der Waals surface area (Å²) < 4.78 is 13.6. The summed E-state index contributed by atoms with van der Waals surface area (Å²) in [6, 6.07) is 4.79. The number of benzene rings is 1. The summed E-state index contributed by atoms with van der Waals surface area (Å²) in [5, 5.41) is 10.1. The topological polar surface area (TPSA) is 20.2 Å². The van der Waals surface area contributed by atoms with Crippen LogP contribution in [0.1, 0.15) is 31.2 Å². The van der Waals surface area contributed by atoms with Crippen molar-refractivity contribution in [3.63, 3.8) is 0 Å². The number of hydrogen-bond donors (Lipinski definition) is 1. The van der Waals surface area contributed by atoms with Gasteiger partial charge in [0.1, 0.15) is 5.82 Å². The molecule has 1 aromatic carbocycles. The van der Waals surface area contributed by atoms with Crippen LogP contribution in [0.2, 0.25) is 5.02 Å². The van der Waals surface area contributed by atoms with E-state index in [0.717, 1.165) is 25.7 Å². The molecule has 0 aliphatic heterocycles. The average molecular weight is 243 g/mol. The fourth-order valence-electron chi connectivity index (χ4n) is 2.46. The molecule has 0 radical (unpaired) electrons. The zero-order valence-corrected chi connectivity index (χ0v) is 9.88. The molecule has 0 saturated heterocycles. The quantitative estimate of drug-likeness (QED) is 0.841. The SMILES string of the molecule is OC1CCCC(Cc2c(F)cccc2Cl)C1. The molecule has 1 aromatic rings. The zero-order chi connectivity index (χ0) is 11.5. The lowest BCUT2D eigenvalue weighted by molar-refractivity contribution is 0.101. The lowest BCUT2D eigenvalue weighted by atomic mass is 9.83. The Morgan fingerprint density at radius 3 is 2.88 bits per heavy atom. The van der Waals surface area contributed by atoms with Crippen LogP contribution in [0.25, 0.3) is 0 Å². The van der Waals surface area contributed by atoms with Gasteiger partial charge in [-0.2, -0.15) is 0 Å². The highest BCUT2D eigenvalue weighted by Gasteiger charge is 2.22. The van der Waals surface area contributed by atoms with E-state index in [0.29, 0.717) is 22.9 Å². The minimum Gasteiger partial charge on any atom is -0.393 e. The second-order valence-electron chi connectivity index (χ2n) is 4.59. The van der Waals surface area contributed by atoms with Crippen LogP contribution in [0.4, 0.5) is 4.39 Å². The molecular weight excluding hydrogens is 227 g/mol. The third-order valence-electron chi connectivity index (χ3n) is 3.31. The predicted octanol–water partition coefficient (Wildman–Crippen LogP) is 3.57. The smallest absolute Gasteiger partial charge is 0.127 e. The van der Waals surface area contributed by atoms with Gasteiger partial charge in [-0.25, -0.2) is 4.39 Å². The summed E-state index contributed by atoms with van der Waals surface area (Å²) in [5.41, 5.74) is 0.600. The van der Waals surface area contributed by atoms with Crippen LogP contribution in [0.3, 0.4) is 0 Å². The van der Waals surface area contributed by atoms with Crippen molar-refractivity contribution >= 4 is 11.6 Å². The molecule has 3 heteroatoms. The predicted molar refractivity (Wildman–Crippen MR) is 63.1 cm³/mol. The van der Waals surface area contributed by atoms with Gasteiger partial charge in [0.15, 0.2) is 0 Å². The highest BCUT2D eigenvalue weighted by molar-refractivity contribution is 6.31. The molecule has 1 N–H and O–H groups in total. The van der Waals surface area contributed by atoms with E-state index < -0.39 is 0 Å². The molecule has 1 saturated carbocycles. The minimum atomic E-state index is -0.229. The molecule has 2 rings (SSSR count). The fourth-order valence-corrected chi connectivity index (χ4v) is 2.70. The Morgan fingerprint density at radius 1 is 1.38 bits per heavy atom. The Kier molecular flexibility index (Phi) is 3.82. The molecule has 0 bridgehead atoms. The molecule has 1 aliphatic carbocycles. The second kappa shape index (κ2) is 5.15. The van der Waals surface area contributed by atoms with E-state index in [1.54, 1.807) is 12.1 Å². The molecule has 0 aromatic heterocycles. The van der Waals surface area contributed by atoms with Crippen LogP contribution in [0.5, 0.6) is 0 Å². The third-order valence-corrected chi connectivity index (χ3v) is 3.66. The minimum absolute atomic E-state index is 0.218. The van der Waals surface area contributed by atoms with E-state index >= 15 is 0 Å². The van der Waals surface area contributed by atoms with E-state index in [2.05, 4.69) is 0 Å². The molecule has 1 nitrogen and oxygen atoms in total. The van der Waals surface area contributed by atoms with Crippen LogP contribution >= 0.6 is 11.6 Å². The van der Waals surface area contributed by atoms with Gasteiger partial charge in [-0.3, -0.25) is 0 Å². The molecule has 1 aliphatic rings. The fraction of sp³-hybridized carbons (Fsp3) is 0.538. The maximum Gasteiger partial charge on any atom is 0.127 e. The maximum absolute atomic E-state index is 13.6. The van der Waals surface area contributed by atoms with Crippen molar-refractivity contribution in [3.05, 3.63) is 34.6 Å². The van der Waals surface area contributed by atoms with Crippen molar-refractivity contribution in [1.82, 2.24) is 0 Å². The first-order valence-corrected chi connectivity index (χ1v) is 6.15. The third kappa shape index (κ3) is 2.74. The van der Waals surface area contributed by atoms with Crippen molar-refractivity contribution in [2.45, 2.75) is 38.2 Å². The first kappa shape index (κ1) is 11.9. The van der Waals surface area contributed by atoms with Gasteiger partial charge in [-0.05, 0) is 43.7 Å². The number of halogens is 2. The molecule has 0 amide bonds. The van der Waals surface area contributed by atoms with Crippen molar-refractivity contribution in [1.29, 1.82) is 0 Å². The monoisotopic (exact) mass is 242 g/mol. The summed E-state index contributed by atoms with van der Waals surface area (Å²) in [7, 11) is 0. The maximum atomic E-state index is 13.6. The molecule has 0 spiro atoms. The normalized spacial score (nSPS) is 25.7. The van der Waals surface area contributed by atoms with Crippen molar-refractivity contribution in [2.75, 3.05) is 0 Å². The average Bonchev–Trinajstić information content (AvgIpc) is 2.24. The van der Waals surface area contributed by atoms with Crippen LogP contribution in [0, 0.1) is 11.7 Å². The largest absolute Gasteiger partial charge is 0.393 e. The van der Waals surface area contributed by atoms with Gasteiger partial charge in [0.2, 0.25) is 0 Å². The van der Waals surface area contributed by atoms with Gasteiger partial charge in [-0.1, -0.05) is 24.1 Å². The zero-order valence-electron chi connectivity index (χ0n) is 9.13. The Labute approximate surface area is 100 Å². The molecule has 0 heterocycles. The van der Waals surface area contributed by atoms with Gasteiger partial charge >= 0.3 is 0 Å². The van der Waals surface area contributed by atoms with Crippen molar-refractivity contribution in [2.24, 2.45) is 5.92 Å². The number of hydrogen-bond acceptors (Lipinski definition) is 1. The number of aliphatic hydroxyl groups excluding tert-OH is 1. The first-order valence-electron chi connectivity index (χ1n) is 5.77. The molecule has 16 heavy (non-hydrogen) atoms. The first-order chi connectivity index (χ1) is 7.66. The Hall–Kier alpha value is -0.600. The summed E-state index contributed by atoms with van der Waals surface area (Å²) >= 11 is 5.98. The summed E-state index contributed by atoms with van der Waals surface area (Å²) in [5.74, 6) is 0.130. The van der Waals surface area contributed by atoms with E-state index in [-0.39, 0.29) is 11.9 Å². The molecule has 88 valence electrons. The second-order valence-corrected chi connectivity index (χ2v) is 5.00. The summed E-state index contributed by atoms with van der Waals surface area (Å²) in [4.78, 5) is 0. The molecule has 1 fully saturated rings. The van der Waals surface area contributed by atoms with Gasteiger partial charge in [0, 0.05) is 10.6 Å². The standard InChI is InChI=1S/C13H16ClFO/c14-12-5-2-6-13(15)11(12)8-9-3-1-4-10(16)7-9/h2,5-6,9-10,16H,1,3-4,7-8H2. The Morgan fingerprint density at radius 2 is 2.19 bits per heavy atom. The Bertz CT molecular complexity index is 347. The van der Waals surface area contributed by atoms with Gasteiger partial charge in [0.25, 0.3) is 0 Å². The van der Waals surface area contributed by atoms with Crippen LogP contribution in [-0.2, 0) is 6.42 Å². The van der Waals surface area contributed by atoms with Crippen molar-refractivity contribution < 1.29 is 9.50 Å². The highest BCUT2D eigenvalue weighted by atomic mass is 35.5. The van der Waals surface area contributed by atoms with Crippen LogP contribution < -0.4 is 0 Å². The highest BCUT2D eigenvalue weighted by Crippen LogP contribution is 2.30. The number of aliphatic hydroxyl groups is 1. The van der Waals surface area contributed by atoms with Crippen LogP contribution in [-0.4, -0.2) is 11.2 Å². The van der Waals surface area contributed by atoms with E-state index in [4.69, 9.17) is 11.6 Å². The summed E-state index contributed by atoms with van der Waals surface area (Å²) in [6.07, 6.45) is 4.15. The van der Waals surface area contributed by atoms with Crippen molar-refractivity contribution in [3.8, 4) is 0 Å². The van der Waals surface area contributed by atoms with E-state index in [1.807, 2.05) is 0 Å². The molecule has 2 unspecified atom stereocenters. The van der Waals surface area contributed by atoms with E-state index in [1.165, 1.54) is 6.07 Å².